The van der Waals surface area contributed by atoms with E-state index in [0.717, 1.165) is 9.13 Å². The third-order valence-electron chi connectivity index (χ3n) is 5.58. The van der Waals surface area contributed by atoms with Gasteiger partial charge in [0.2, 0.25) is 17.7 Å². The van der Waals surface area contributed by atoms with Crippen molar-refractivity contribution in [2.75, 3.05) is 11.9 Å². The molecule has 1 aliphatic rings. The summed E-state index contributed by atoms with van der Waals surface area (Å²) in [6.45, 7) is 4.79. The van der Waals surface area contributed by atoms with Gasteiger partial charge in [-0.3, -0.25) is 29.1 Å². The zero-order chi connectivity index (χ0) is 29.0. The van der Waals surface area contributed by atoms with Crippen molar-refractivity contribution in [3.63, 3.8) is 0 Å². The molecule has 1 saturated heterocycles. The highest BCUT2D eigenvalue weighted by molar-refractivity contribution is 14.1. The molecule has 3 heterocycles. The summed E-state index contributed by atoms with van der Waals surface area (Å²) < 4.78 is 30.6. The molecule has 15 heteroatoms. The number of carbonyl (C=O) groups excluding carboxylic acids is 4. The summed E-state index contributed by atoms with van der Waals surface area (Å²) in [6.07, 6.45) is -2.99. The Hall–Kier alpha value is -3.86. The molecule has 3 aromatic rings. The summed E-state index contributed by atoms with van der Waals surface area (Å²) in [4.78, 5) is 60.3. The summed E-state index contributed by atoms with van der Waals surface area (Å²) in [5.74, 6) is -2.29. The van der Waals surface area contributed by atoms with Crippen molar-refractivity contribution in [2.24, 2.45) is 0 Å². The first kappa shape index (κ1) is 29.1. The van der Waals surface area contributed by atoms with Crippen molar-refractivity contribution in [1.82, 2.24) is 19.5 Å². The van der Waals surface area contributed by atoms with Crippen LogP contribution in [0.2, 0.25) is 0 Å². The molecule has 1 fully saturated rings. The Morgan fingerprint density at radius 2 is 1.65 bits per heavy atom. The monoisotopic (exact) mass is 667 g/mol. The highest BCUT2D eigenvalue weighted by Crippen LogP contribution is 2.37. The van der Waals surface area contributed by atoms with E-state index in [1.165, 1.54) is 38.6 Å². The number of esters is 3. The van der Waals surface area contributed by atoms with Gasteiger partial charge in [0, 0.05) is 31.3 Å². The average molecular weight is 667 g/mol. The minimum absolute atomic E-state index is 0.0607. The number of hydrogen-bond donors (Lipinski definition) is 1. The van der Waals surface area contributed by atoms with Crippen LogP contribution in [0.25, 0.3) is 11.2 Å². The van der Waals surface area contributed by atoms with Crippen LogP contribution in [0.5, 0.6) is 5.88 Å². The first-order valence-corrected chi connectivity index (χ1v) is 13.1. The topological polar surface area (TPSA) is 170 Å². The average Bonchev–Trinajstić information content (AvgIpc) is 3.42. The van der Waals surface area contributed by atoms with Crippen molar-refractivity contribution in [2.45, 2.75) is 58.8 Å². The maximum Gasteiger partial charge on any atom is 0.303 e. The molecule has 40 heavy (non-hydrogen) atoms. The number of hydrogen-bond acceptors (Lipinski definition) is 12. The molecule has 14 nitrogen and oxygen atoms in total. The van der Waals surface area contributed by atoms with Gasteiger partial charge >= 0.3 is 17.9 Å². The van der Waals surface area contributed by atoms with Gasteiger partial charge in [0.15, 0.2) is 29.6 Å². The molecule has 212 valence electrons. The number of aromatic nitrogens is 4. The van der Waals surface area contributed by atoms with Crippen molar-refractivity contribution in [3.05, 3.63) is 39.7 Å². The summed E-state index contributed by atoms with van der Waals surface area (Å²) in [6, 6.07) is 7.68. The first-order chi connectivity index (χ1) is 19.0. The third-order valence-corrected chi connectivity index (χ3v) is 6.30. The van der Waals surface area contributed by atoms with Gasteiger partial charge in [0.25, 0.3) is 0 Å². The Bertz CT molecular complexity index is 1430. The van der Waals surface area contributed by atoms with Gasteiger partial charge in [-0.2, -0.15) is 9.97 Å². The SMILES string of the molecule is CC(=O)Nc1nc(OCc2ccc(I)cc2)c2ncn([C@@H]3O[C@H](COC(C)=O)[C@@H](OC(C)=O)[C@H]3OC(C)=O)c2n1. The summed E-state index contributed by atoms with van der Waals surface area (Å²) in [7, 11) is 0. The smallest absolute Gasteiger partial charge is 0.303 e. The van der Waals surface area contributed by atoms with E-state index < -0.39 is 48.4 Å². The number of imidazole rings is 1. The number of halogens is 1. The van der Waals surface area contributed by atoms with Gasteiger partial charge in [-0.1, -0.05) is 12.1 Å². The third kappa shape index (κ3) is 7.01. The molecule has 0 aliphatic carbocycles. The van der Waals surface area contributed by atoms with E-state index in [4.69, 9.17) is 23.7 Å². The normalized spacial score (nSPS) is 20.1. The largest absolute Gasteiger partial charge is 0.471 e. The molecule has 1 N–H and O–H groups in total. The van der Waals surface area contributed by atoms with E-state index in [0.29, 0.717) is 0 Å². The molecule has 2 aromatic heterocycles. The predicted molar refractivity (Wildman–Crippen MR) is 145 cm³/mol. The van der Waals surface area contributed by atoms with Crippen molar-refractivity contribution in [3.8, 4) is 5.88 Å². The summed E-state index contributed by atoms with van der Waals surface area (Å²) in [5.41, 5.74) is 1.28. The van der Waals surface area contributed by atoms with Crippen LogP contribution in [0.1, 0.15) is 39.5 Å². The standard InChI is InChI=1S/C25H26IN5O9/c1-12(32)28-25-29-22-19(23(30-25)37-9-16-5-7-17(26)8-6-16)27-11-31(22)24-21(39-15(4)35)20(38-14(3)34)18(40-24)10-36-13(2)33/h5-8,11,18,20-21,24H,9-10H2,1-4H3,(H,28,29,30,32)/t18-,20-,21-,24-/m1/s1. The fourth-order valence-electron chi connectivity index (χ4n) is 4.04. The van der Waals surface area contributed by atoms with E-state index in [2.05, 4.69) is 42.9 Å². The quantitative estimate of drug-likeness (QED) is 0.201. The van der Waals surface area contributed by atoms with E-state index in [1.807, 2.05) is 24.3 Å². The van der Waals surface area contributed by atoms with Crippen LogP contribution >= 0.6 is 22.6 Å². The summed E-state index contributed by atoms with van der Waals surface area (Å²) in [5, 5.41) is 2.53. The number of carbonyl (C=O) groups is 4. The molecule has 4 rings (SSSR count). The molecular formula is C25H26IN5O9. The van der Waals surface area contributed by atoms with E-state index in [-0.39, 0.29) is 36.2 Å². The van der Waals surface area contributed by atoms with Crippen LogP contribution in [0.4, 0.5) is 5.95 Å². The van der Waals surface area contributed by atoms with Crippen LogP contribution in [-0.2, 0) is 44.7 Å². The van der Waals surface area contributed by atoms with Crippen LogP contribution in [0.3, 0.4) is 0 Å². The molecule has 1 amide bonds. The van der Waals surface area contributed by atoms with Gasteiger partial charge in [-0.05, 0) is 40.3 Å². The van der Waals surface area contributed by atoms with Crippen LogP contribution < -0.4 is 10.1 Å². The second-order valence-electron chi connectivity index (χ2n) is 8.79. The number of ether oxygens (including phenoxy) is 5. The van der Waals surface area contributed by atoms with Gasteiger partial charge in [-0.15, -0.1) is 0 Å². The first-order valence-electron chi connectivity index (χ1n) is 12.0. The molecule has 0 radical (unpaired) electrons. The lowest BCUT2D eigenvalue weighted by Crippen LogP contribution is -2.40. The lowest BCUT2D eigenvalue weighted by molar-refractivity contribution is -0.166. The lowest BCUT2D eigenvalue weighted by atomic mass is 10.1. The van der Waals surface area contributed by atoms with Crippen molar-refractivity contribution < 1.29 is 42.9 Å². The predicted octanol–water partition coefficient (Wildman–Crippen LogP) is 2.29. The molecule has 0 spiro atoms. The van der Waals surface area contributed by atoms with E-state index in [1.54, 1.807) is 0 Å². The molecule has 1 aromatic carbocycles. The highest BCUT2D eigenvalue weighted by Gasteiger charge is 2.51. The fraction of sp³-hybridized carbons (Fsp3) is 0.400. The molecule has 0 saturated carbocycles. The Balaban J connectivity index is 1.75. The van der Waals surface area contributed by atoms with Gasteiger partial charge in [0.05, 0.1) is 6.33 Å². The number of nitrogens with one attached hydrogen (secondary N) is 1. The zero-order valence-corrected chi connectivity index (χ0v) is 24.1. The minimum atomic E-state index is -1.16. The minimum Gasteiger partial charge on any atom is -0.471 e. The Kier molecular flexibility index (Phi) is 9.14. The fourth-order valence-corrected chi connectivity index (χ4v) is 4.40. The van der Waals surface area contributed by atoms with Gasteiger partial charge in [0.1, 0.15) is 19.3 Å². The second kappa shape index (κ2) is 12.5. The van der Waals surface area contributed by atoms with Gasteiger partial charge < -0.3 is 23.7 Å². The maximum atomic E-state index is 12.0. The van der Waals surface area contributed by atoms with Crippen LogP contribution in [0, 0.1) is 3.57 Å². The van der Waals surface area contributed by atoms with Gasteiger partial charge in [-0.25, -0.2) is 4.98 Å². The van der Waals surface area contributed by atoms with E-state index in [9.17, 15) is 19.2 Å². The number of amides is 1. The van der Waals surface area contributed by atoms with E-state index >= 15 is 0 Å². The van der Waals surface area contributed by atoms with Crippen molar-refractivity contribution in [1.29, 1.82) is 0 Å². The number of benzene rings is 1. The lowest BCUT2D eigenvalue weighted by Gasteiger charge is -2.23. The number of nitrogens with zero attached hydrogens (tertiary/aromatic N) is 4. The number of fused-ring (bicyclic) bond motifs is 1. The Labute approximate surface area is 241 Å². The number of anilines is 1. The summed E-state index contributed by atoms with van der Waals surface area (Å²) >= 11 is 2.20. The van der Waals surface area contributed by atoms with Crippen LogP contribution in [0.15, 0.2) is 30.6 Å². The second-order valence-corrected chi connectivity index (χ2v) is 10.0. The van der Waals surface area contributed by atoms with Crippen LogP contribution in [-0.4, -0.2) is 68.3 Å². The Morgan fingerprint density at radius 3 is 2.27 bits per heavy atom. The molecule has 1 aliphatic heterocycles. The molecular weight excluding hydrogens is 641 g/mol. The molecule has 0 unspecified atom stereocenters. The molecule has 4 atom stereocenters. The Morgan fingerprint density at radius 1 is 0.975 bits per heavy atom. The zero-order valence-electron chi connectivity index (χ0n) is 22.0. The highest BCUT2D eigenvalue weighted by atomic mass is 127. The maximum absolute atomic E-state index is 12.0. The van der Waals surface area contributed by atoms with Crippen molar-refractivity contribution >= 4 is 63.5 Å². The number of rotatable bonds is 9. The molecule has 0 bridgehead atoms.